The van der Waals surface area contributed by atoms with Crippen molar-refractivity contribution in [1.82, 2.24) is 5.06 Å². The van der Waals surface area contributed by atoms with Crippen LogP contribution in [0.4, 0.5) is 5.69 Å². The van der Waals surface area contributed by atoms with Crippen LogP contribution in [0.25, 0.3) is 6.08 Å². The average Bonchev–Trinajstić information content (AvgIpc) is 3.48. The number of nitrogens with two attached hydrogens (primary N) is 1. The number of hydroxylamine groups is 2. The molecule has 1 amide bonds. The van der Waals surface area contributed by atoms with Crippen LogP contribution < -0.4 is 5.73 Å². The number of benzene rings is 3. The van der Waals surface area contributed by atoms with E-state index >= 15 is 0 Å². The first-order valence-electron chi connectivity index (χ1n) is 12.0. The molecule has 2 N–H and O–H groups in total. The van der Waals surface area contributed by atoms with E-state index in [-0.39, 0.29) is 24.1 Å². The lowest BCUT2D eigenvalue weighted by Gasteiger charge is -2.33. The van der Waals surface area contributed by atoms with Crippen molar-refractivity contribution in [3.05, 3.63) is 117 Å². The number of rotatable bonds is 7. The number of nitro benzene ring substituents is 1. The van der Waals surface area contributed by atoms with Gasteiger partial charge in [-0.2, -0.15) is 5.06 Å². The summed E-state index contributed by atoms with van der Waals surface area (Å²) in [5.74, 6) is -2.51. The number of amides is 1. The molecule has 3 aromatic carbocycles. The summed E-state index contributed by atoms with van der Waals surface area (Å²) in [5.41, 5.74) is 5.50. The molecule has 0 bridgehead atoms. The van der Waals surface area contributed by atoms with Gasteiger partial charge in [0, 0.05) is 18.6 Å². The molecule has 5 rings (SSSR count). The highest BCUT2D eigenvalue weighted by atomic mass is 16.8. The Labute approximate surface area is 222 Å². The van der Waals surface area contributed by atoms with Crippen LogP contribution >= 0.6 is 0 Å². The Morgan fingerprint density at radius 1 is 1.03 bits per heavy atom. The van der Waals surface area contributed by atoms with Crippen LogP contribution in [0.5, 0.6) is 0 Å². The number of cyclic esters (lactones) is 1. The molecule has 0 spiro atoms. The van der Waals surface area contributed by atoms with Gasteiger partial charge in [0.15, 0.2) is 12.3 Å². The van der Waals surface area contributed by atoms with E-state index in [1.165, 1.54) is 30.3 Å². The van der Waals surface area contributed by atoms with Crippen molar-refractivity contribution in [1.29, 1.82) is 0 Å². The number of nitrogens with zero attached hydrogens (tertiary/aromatic N) is 2. The van der Waals surface area contributed by atoms with Crippen molar-refractivity contribution >= 4 is 29.6 Å². The molecular formula is C28H23N3O8. The lowest BCUT2D eigenvalue weighted by molar-refractivity contribution is -0.384. The number of hydrogen-bond donors (Lipinski definition) is 1. The molecule has 11 nitrogen and oxygen atoms in total. The van der Waals surface area contributed by atoms with E-state index in [4.69, 9.17) is 20.0 Å². The van der Waals surface area contributed by atoms with Crippen molar-refractivity contribution in [3.63, 3.8) is 0 Å². The standard InChI is InChI=1S/C28H23N3O8/c29-25-22(17-18-11-13-21(14-12-18)31(35)36)26(33)30(39-25)28(16-15-23(32)38-28)27(34)37-24(19-7-3-1-4-8-19)20-9-5-2-6-10-20/h1-14,17,24-25H,15-16,29H2. The Balaban J connectivity index is 1.47. The molecule has 2 aliphatic rings. The minimum absolute atomic E-state index is 0.0401. The molecule has 0 radical (unpaired) electrons. The minimum Gasteiger partial charge on any atom is -0.448 e. The van der Waals surface area contributed by atoms with Gasteiger partial charge in [-0.05, 0) is 34.9 Å². The predicted octanol–water partition coefficient (Wildman–Crippen LogP) is 3.40. The van der Waals surface area contributed by atoms with Crippen LogP contribution in [0, 0.1) is 10.1 Å². The number of hydrogen-bond acceptors (Lipinski definition) is 9. The number of non-ortho nitro benzene ring substituents is 1. The van der Waals surface area contributed by atoms with Crippen molar-refractivity contribution in [2.24, 2.45) is 5.73 Å². The molecule has 198 valence electrons. The van der Waals surface area contributed by atoms with E-state index in [9.17, 15) is 24.5 Å². The second-order valence-electron chi connectivity index (χ2n) is 8.94. The zero-order valence-corrected chi connectivity index (χ0v) is 20.5. The molecule has 0 aliphatic carbocycles. The maximum Gasteiger partial charge on any atom is 0.376 e. The lowest BCUT2D eigenvalue weighted by atomic mass is 10.0. The van der Waals surface area contributed by atoms with E-state index in [2.05, 4.69) is 0 Å². The third kappa shape index (κ3) is 5.00. The Morgan fingerprint density at radius 3 is 2.13 bits per heavy atom. The van der Waals surface area contributed by atoms with Crippen molar-refractivity contribution in [2.45, 2.75) is 30.9 Å². The Kier molecular flexibility index (Phi) is 6.92. The summed E-state index contributed by atoms with van der Waals surface area (Å²) in [6.07, 6.45) is -1.12. The fourth-order valence-corrected chi connectivity index (χ4v) is 4.44. The van der Waals surface area contributed by atoms with Crippen molar-refractivity contribution < 1.29 is 33.6 Å². The average molecular weight is 530 g/mol. The van der Waals surface area contributed by atoms with Crippen LogP contribution in [0.2, 0.25) is 0 Å². The normalized spacial score (nSPS) is 21.8. The highest BCUT2D eigenvalue weighted by Gasteiger charge is 2.60. The van der Waals surface area contributed by atoms with Gasteiger partial charge < -0.3 is 9.47 Å². The van der Waals surface area contributed by atoms with E-state index in [0.717, 1.165) is 0 Å². The van der Waals surface area contributed by atoms with E-state index in [1.54, 1.807) is 48.5 Å². The van der Waals surface area contributed by atoms with E-state index in [0.29, 0.717) is 21.8 Å². The Morgan fingerprint density at radius 2 is 1.62 bits per heavy atom. The highest BCUT2D eigenvalue weighted by molar-refractivity contribution is 6.03. The zero-order valence-electron chi connectivity index (χ0n) is 20.5. The zero-order chi connectivity index (χ0) is 27.6. The number of esters is 2. The quantitative estimate of drug-likeness (QED) is 0.210. The van der Waals surface area contributed by atoms with E-state index < -0.39 is 40.8 Å². The Hall–Kier alpha value is -4.87. The largest absolute Gasteiger partial charge is 0.448 e. The summed E-state index contributed by atoms with van der Waals surface area (Å²) in [7, 11) is 0. The number of ether oxygens (including phenoxy) is 2. The third-order valence-electron chi connectivity index (χ3n) is 6.41. The van der Waals surface area contributed by atoms with Gasteiger partial charge in [-0.1, -0.05) is 60.7 Å². The summed E-state index contributed by atoms with van der Waals surface area (Å²) in [5, 5.41) is 11.6. The van der Waals surface area contributed by atoms with Crippen LogP contribution in [-0.4, -0.2) is 39.8 Å². The summed E-state index contributed by atoms with van der Waals surface area (Å²) >= 11 is 0. The first-order chi connectivity index (χ1) is 18.8. The molecule has 2 aliphatic heterocycles. The van der Waals surface area contributed by atoms with Gasteiger partial charge in [-0.15, -0.1) is 0 Å². The van der Waals surface area contributed by atoms with Gasteiger partial charge in [0.2, 0.25) is 0 Å². The summed E-state index contributed by atoms with van der Waals surface area (Å²) in [4.78, 5) is 55.5. The van der Waals surface area contributed by atoms with Crippen LogP contribution in [0.1, 0.15) is 35.6 Å². The SMILES string of the molecule is NC1ON(C2(C(=O)OC(c3ccccc3)c3ccccc3)CCC(=O)O2)C(=O)C1=Cc1ccc([N+](=O)[O-])cc1. The molecule has 2 atom stereocenters. The molecule has 0 aromatic heterocycles. The molecular weight excluding hydrogens is 506 g/mol. The molecule has 39 heavy (non-hydrogen) atoms. The number of nitro groups is 1. The van der Waals surface area contributed by atoms with Gasteiger partial charge in [0.1, 0.15) is 0 Å². The van der Waals surface area contributed by atoms with Crippen molar-refractivity contribution in [2.75, 3.05) is 0 Å². The summed E-state index contributed by atoms with van der Waals surface area (Å²) in [6, 6.07) is 23.4. The highest BCUT2D eigenvalue weighted by Crippen LogP contribution is 2.39. The van der Waals surface area contributed by atoms with Crippen molar-refractivity contribution in [3.8, 4) is 0 Å². The Bertz CT molecular complexity index is 1400. The molecule has 0 saturated carbocycles. The molecule has 2 heterocycles. The molecule has 2 unspecified atom stereocenters. The van der Waals surface area contributed by atoms with Crippen LogP contribution in [0.3, 0.4) is 0 Å². The molecule has 3 aromatic rings. The fourth-order valence-electron chi connectivity index (χ4n) is 4.44. The monoisotopic (exact) mass is 529 g/mol. The van der Waals surface area contributed by atoms with Gasteiger partial charge >= 0.3 is 17.7 Å². The smallest absolute Gasteiger partial charge is 0.376 e. The van der Waals surface area contributed by atoms with Gasteiger partial charge in [0.05, 0.1) is 16.9 Å². The first kappa shape index (κ1) is 25.8. The molecule has 2 fully saturated rings. The van der Waals surface area contributed by atoms with Crippen LogP contribution in [0.15, 0.2) is 90.5 Å². The summed E-state index contributed by atoms with van der Waals surface area (Å²) in [6.45, 7) is 0. The van der Waals surface area contributed by atoms with Crippen LogP contribution in [-0.2, 0) is 28.7 Å². The topological polar surface area (TPSA) is 151 Å². The van der Waals surface area contributed by atoms with Gasteiger partial charge in [0.25, 0.3) is 11.6 Å². The third-order valence-corrected chi connectivity index (χ3v) is 6.41. The minimum atomic E-state index is -2.20. The molecule has 2 saturated heterocycles. The summed E-state index contributed by atoms with van der Waals surface area (Å²) < 4.78 is 11.4. The fraction of sp³-hybridized carbons (Fsp3) is 0.179. The number of carbonyl (C=O) groups excluding carboxylic acids is 3. The lowest BCUT2D eigenvalue weighted by Crippen LogP contribution is -2.56. The van der Waals surface area contributed by atoms with Gasteiger partial charge in [-0.25, -0.2) is 9.63 Å². The maximum absolute atomic E-state index is 13.8. The second-order valence-corrected chi connectivity index (χ2v) is 8.94. The van der Waals surface area contributed by atoms with E-state index in [1.807, 2.05) is 12.1 Å². The maximum atomic E-state index is 13.8. The first-order valence-corrected chi connectivity index (χ1v) is 12.0. The van der Waals surface area contributed by atoms with Gasteiger partial charge in [-0.3, -0.25) is 25.4 Å². The second kappa shape index (κ2) is 10.5. The number of carbonyl (C=O) groups is 3. The molecule has 11 heteroatoms. The predicted molar refractivity (Wildman–Crippen MR) is 136 cm³/mol.